The number of hydrogen-bond donors (Lipinski definition) is 3. The Bertz CT molecular complexity index is 384. The zero-order valence-electron chi connectivity index (χ0n) is 9.50. The highest BCUT2D eigenvalue weighted by Gasteiger charge is 2.09. The molecule has 17 heavy (non-hydrogen) atoms. The highest BCUT2D eigenvalue weighted by Crippen LogP contribution is 2.15. The fraction of sp³-hybridized carbons (Fsp3) is 0.556. The second kappa shape index (κ2) is 6.71. The van der Waals surface area contributed by atoms with E-state index in [0.29, 0.717) is 5.56 Å². The molecule has 0 fully saturated rings. The van der Waals surface area contributed by atoms with Gasteiger partial charge in [-0.3, -0.25) is 14.9 Å². The minimum Gasteiger partial charge on any atom is -0.394 e. The molecule has 1 heterocycles. The van der Waals surface area contributed by atoms with Crippen LogP contribution < -0.4 is 0 Å². The van der Waals surface area contributed by atoms with Crippen LogP contribution in [0.2, 0.25) is 0 Å². The summed E-state index contributed by atoms with van der Waals surface area (Å²) >= 11 is 0. The topological polar surface area (TPSA) is 114 Å². The molecule has 0 aliphatic heterocycles. The lowest BCUT2D eigenvalue weighted by Gasteiger charge is -2.13. The molecule has 0 saturated heterocycles. The molecule has 94 valence electrons. The third kappa shape index (κ3) is 3.93. The van der Waals surface area contributed by atoms with Crippen molar-refractivity contribution in [3.8, 4) is 0 Å². The lowest BCUT2D eigenvalue weighted by Crippen LogP contribution is -2.24. The van der Waals surface area contributed by atoms with Gasteiger partial charge >= 0.3 is 0 Å². The van der Waals surface area contributed by atoms with Crippen molar-refractivity contribution in [3.05, 3.63) is 11.8 Å². The van der Waals surface area contributed by atoms with Crippen LogP contribution in [-0.2, 0) is 0 Å². The summed E-state index contributed by atoms with van der Waals surface area (Å²) in [6, 6.07) is 0. The monoisotopic (exact) mass is 241 g/mol. The lowest BCUT2D eigenvalue weighted by atomic mass is 10.2. The van der Waals surface area contributed by atoms with Gasteiger partial charge in [-0.25, -0.2) is 0 Å². The minimum atomic E-state index is -0.163. The van der Waals surface area contributed by atoms with Crippen molar-refractivity contribution >= 4 is 11.6 Å². The number of Topliss-reactive ketones (excluding diaryl/α,β-unsaturated/α-hetero) is 1. The summed E-state index contributed by atoms with van der Waals surface area (Å²) < 4.78 is 0. The summed E-state index contributed by atoms with van der Waals surface area (Å²) in [6.07, 6.45) is 1.37. The maximum atomic E-state index is 11.2. The Morgan fingerprint density at radius 2 is 2.12 bits per heavy atom. The molecule has 0 saturated carbocycles. The zero-order valence-corrected chi connectivity index (χ0v) is 9.50. The number of carbonyl (C=O) groups is 1. The maximum Gasteiger partial charge on any atom is 0.183 e. The molecule has 0 amide bonds. The van der Waals surface area contributed by atoms with Crippen molar-refractivity contribution in [1.29, 1.82) is 0 Å². The van der Waals surface area contributed by atoms with Gasteiger partial charge in [0.25, 0.3) is 0 Å². The molecule has 0 unspecified atom stereocenters. The van der Waals surface area contributed by atoms with E-state index in [0.717, 1.165) is 0 Å². The number of nitrogens with zero attached hydrogens (tertiary/aromatic N) is 4. The van der Waals surface area contributed by atoms with Crippen molar-refractivity contribution in [2.45, 2.75) is 6.92 Å². The molecule has 0 aromatic carbocycles. The Morgan fingerprint density at radius 1 is 1.47 bits per heavy atom. The number of rotatable bonds is 7. The first-order valence-corrected chi connectivity index (χ1v) is 5.11. The van der Waals surface area contributed by atoms with Crippen molar-refractivity contribution in [2.24, 2.45) is 10.3 Å². The highest BCUT2D eigenvalue weighted by atomic mass is 16.3. The molecule has 8 nitrogen and oxygen atoms in total. The van der Waals surface area contributed by atoms with Gasteiger partial charge in [-0.05, 0) is 6.92 Å². The molecule has 1 aromatic rings. The van der Waals surface area contributed by atoms with Crippen molar-refractivity contribution < 1.29 is 15.0 Å². The third-order valence-electron chi connectivity index (χ3n) is 1.99. The smallest absolute Gasteiger partial charge is 0.183 e. The maximum absolute atomic E-state index is 11.2. The van der Waals surface area contributed by atoms with Crippen molar-refractivity contribution in [3.63, 3.8) is 0 Å². The molecular weight excluding hydrogens is 226 g/mol. The summed E-state index contributed by atoms with van der Waals surface area (Å²) in [6.45, 7) is 1.73. The van der Waals surface area contributed by atoms with E-state index in [1.165, 1.54) is 18.1 Å². The van der Waals surface area contributed by atoms with E-state index in [1.54, 1.807) is 0 Å². The number of nitrogens with one attached hydrogen (secondary N) is 1. The van der Waals surface area contributed by atoms with Crippen LogP contribution in [0.1, 0.15) is 17.3 Å². The van der Waals surface area contributed by atoms with Crippen LogP contribution in [0.5, 0.6) is 0 Å². The number of carbonyl (C=O) groups excluding carboxylic acids is 1. The van der Waals surface area contributed by atoms with Crippen LogP contribution in [0.3, 0.4) is 0 Å². The van der Waals surface area contributed by atoms with Gasteiger partial charge < -0.3 is 10.2 Å². The van der Waals surface area contributed by atoms with Crippen LogP contribution in [-0.4, -0.2) is 57.5 Å². The summed E-state index contributed by atoms with van der Waals surface area (Å²) in [4.78, 5) is 11.2. The second-order valence-electron chi connectivity index (χ2n) is 3.28. The number of aromatic nitrogens is 2. The number of ketones is 1. The van der Waals surface area contributed by atoms with E-state index in [9.17, 15) is 4.79 Å². The zero-order chi connectivity index (χ0) is 12.7. The number of hydrogen-bond acceptors (Lipinski definition) is 6. The standard InChI is InChI=1S/C9H15N5O3/c1-7(17)8-6-10-11-9(8)12-13-14(2-4-15)3-5-16/h6,15-16H,2-5H2,1H3,(H,10,11)/b13-12+. The Balaban J connectivity index is 2.73. The second-order valence-corrected chi connectivity index (χ2v) is 3.28. The van der Waals surface area contributed by atoms with Crippen molar-refractivity contribution in [2.75, 3.05) is 26.3 Å². The van der Waals surface area contributed by atoms with E-state index in [4.69, 9.17) is 10.2 Å². The van der Waals surface area contributed by atoms with Gasteiger partial charge in [-0.15, -0.1) is 5.11 Å². The number of aromatic amines is 1. The van der Waals surface area contributed by atoms with Crippen LogP contribution in [0.4, 0.5) is 5.82 Å². The fourth-order valence-corrected chi connectivity index (χ4v) is 1.15. The van der Waals surface area contributed by atoms with E-state index in [2.05, 4.69) is 20.5 Å². The van der Waals surface area contributed by atoms with Gasteiger partial charge in [-0.2, -0.15) is 5.10 Å². The predicted molar refractivity (Wildman–Crippen MR) is 58.9 cm³/mol. The van der Waals surface area contributed by atoms with Gasteiger partial charge in [0.05, 0.1) is 38.1 Å². The molecular formula is C9H15N5O3. The van der Waals surface area contributed by atoms with E-state index in [1.807, 2.05) is 0 Å². The fourth-order valence-electron chi connectivity index (χ4n) is 1.15. The first-order valence-electron chi connectivity index (χ1n) is 5.11. The first kappa shape index (κ1) is 13.3. The van der Waals surface area contributed by atoms with Crippen LogP contribution >= 0.6 is 0 Å². The molecule has 3 N–H and O–H groups in total. The average molecular weight is 241 g/mol. The van der Waals surface area contributed by atoms with Gasteiger partial charge in [-0.1, -0.05) is 5.22 Å². The third-order valence-corrected chi connectivity index (χ3v) is 1.99. The molecule has 0 atom stereocenters. The molecule has 1 rings (SSSR count). The molecule has 1 aromatic heterocycles. The average Bonchev–Trinajstić information content (AvgIpc) is 2.74. The summed E-state index contributed by atoms with van der Waals surface area (Å²) in [5.74, 6) is 0.0990. The Kier molecular flexibility index (Phi) is 5.24. The highest BCUT2D eigenvalue weighted by molar-refractivity contribution is 5.97. The molecule has 0 bridgehead atoms. The van der Waals surface area contributed by atoms with Crippen molar-refractivity contribution in [1.82, 2.24) is 15.2 Å². The molecule has 0 aliphatic rings. The van der Waals surface area contributed by atoms with E-state index >= 15 is 0 Å². The van der Waals surface area contributed by atoms with E-state index < -0.39 is 0 Å². The normalized spacial score (nSPS) is 11.0. The van der Waals surface area contributed by atoms with Gasteiger partial charge in [0, 0.05) is 0 Å². The number of H-pyrrole nitrogens is 1. The molecule has 8 heteroatoms. The first-order chi connectivity index (χ1) is 8.19. The number of aliphatic hydroxyl groups excluding tert-OH is 2. The lowest BCUT2D eigenvalue weighted by molar-refractivity contribution is 0.101. The van der Waals surface area contributed by atoms with Gasteiger partial charge in [0.2, 0.25) is 0 Å². The largest absolute Gasteiger partial charge is 0.394 e. The Morgan fingerprint density at radius 3 is 2.65 bits per heavy atom. The summed E-state index contributed by atoms with van der Waals surface area (Å²) in [7, 11) is 0. The molecule has 0 radical (unpaired) electrons. The van der Waals surface area contributed by atoms with Crippen LogP contribution in [0.25, 0.3) is 0 Å². The Hall–Kier alpha value is -1.80. The minimum absolute atomic E-state index is 0.0957. The summed E-state index contributed by atoms with van der Waals surface area (Å²) in [5, 5.41) is 32.8. The quantitative estimate of drug-likeness (QED) is 0.350. The van der Waals surface area contributed by atoms with Gasteiger partial charge in [0.1, 0.15) is 0 Å². The predicted octanol–water partition coefficient (Wildman–Crippen LogP) is -0.102. The molecule has 0 spiro atoms. The van der Waals surface area contributed by atoms with E-state index in [-0.39, 0.29) is 37.9 Å². The summed E-state index contributed by atoms with van der Waals surface area (Å²) in [5.41, 5.74) is 0.349. The van der Waals surface area contributed by atoms with Crippen LogP contribution in [0.15, 0.2) is 16.5 Å². The van der Waals surface area contributed by atoms with Crippen LogP contribution in [0, 0.1) is 0 Å². The van der Waals surface area contributed by atoms with Gasteiger partial charge in [0.15, 0.2) is 11.6 Å². The Labute approximate surface area is 97.9 Å². The SMILES string of the molecule is CC(=O)c1cn[nH]c1/N=N/N(CCO)CCO. The molecule has 0 aliphatic carbocycles. The number of aliphatic hydroxyl groups is 2.